The van der Waals surface area contributed by atoms with Crippen molar-refractivity contribution >= 4 is 5.91 Å². The van der Waals surface area contributed by atoms with Crippen LogP contribution in [-0.2, 0) is 9.90 Å². The van der Waals surface area contributed by atoms with E-state index in [4.69, 9.17) is 0 Å². The number of carbonyl (C=O) groups excluding carboxylic acids is 1. The van der Waals surface area contributed by atoms with Gasteiger partial charge in [0.1, 0.15) is 0 Å². The highest BCUT2D eigenvalue weighted by Gasteiger charge is 2.04. The Morgan fingerprint density at radius 3 is 2.29 bits per heavy atom. The van der Waals surface area contributed by atoms with E-state index in [2.05, 4.69) is 12.3 Å². The Morgan fingerprint density at radius 1 is 1.86 bits per heavy atom. The zero-order valence-corrected chi connectivity index (χ0v) is 3.76. The minimum absolute atomic E-state index is 0.880. The van der Waals surface area contributed by atoms with Gasteiger partial charge in [-0.25, -0.2) is 5.11 Å². The lowest BCUT2D eigenvalue weighted by molar-refractivity contribution is -0.126. The van der Waals surface area contributed by atoms with Gasteiger partial charge in [-0.3, -0.25) is 4.79 Å². The van der Waals surface area contributed by atoms with Gasteiger partial charge in [0.15, 0.2) is 6.10 Å². The first-order chi connectivity index (χ1) is 3.18. The zero-order chi connectivity index (χ0) is 5.86. The molecule has 0 heterocycles. The second kappa shape index (κ2) is 2.36. The van der Waals surface area contributed by atoms with Gasteiger partial charge < -0.3 is 5.73 Å². The summed E-state index contributed by atoms with van der Waals surface area (Å²) in [6.07, 6.45) is -0.484. The van der Waals surface area contributed by atoms with Gasteiger partial charge in [0.05, 0.1) is 0 Å². The Balaban J connectivity index is 3.55. The van der Waals surface area contributed by atoms with Crippen molar-refractivity contribution in [3.63, 3.8) is 0 Å². The van der Waals surface area contributed by atoms with E-state index in [1.54, 1.807) is 0 Å². The van der Waals surface area contributed by atoms with Crippen molar-refractivity contribution in [2.45, 2.75) is 6.10 Å². The van der Waals surface area contributed by atoms with Crippen molar-refractivity contribution in [1.82, 2.24) is 0 Å². The molecule has 1 amide bonds. The van der Waals surface area contributed by atoms with Gasteiger partial charge >= 0.3 is 0 Å². The maximum absolute atomic E-state index is 10.0. The molecule has 0 saturated heterocycles. The van der Waals surface area contributed by atoms with Crippen molar-refractivity contribution in [3.8, 4) is 0 Å². The van der Waals surface area contributed by atoms with Crippen LogP contribution >= 0.6 is 0 Å². The molecule has 1 atom stereocenters. The average Bonchev–Trinajstić information content (AvgIpc) is 1.65. The smallest absolute Gasteiger partial charge is 0.253 e. The molecule has 39 valence electrons. The van der Waals surface area contributed by atoms with E-state index >= 15 is 0 Å². The van der Waals surface area contributed by atoms with Crippen LogP contribution in [0.15, 0.2) is 12.7 Å². The van der Waals surface area contributed by atoms with Crippen molar-refractivity contribution in [1.29, 1.82) is 0 Å². The van der Waals surface area contributed by atoms with Crippen LogP contribution in [0.1, 0.15) is 0 Å². The monoisotopic (exact) mass is 100 g/mol. The molecule has 0 saturated carbocycles. The molecule has 0 fully saturated rings. The van der Waals surface area contributed by atoms with Crippen LogP contribution in [0.3, 0.4) is 0 Å². The lowest BCUT2D eigenvalue weighted by atomic mass is 10.3. The fourth-order valence-corrected chi connectivity index (χ4v) is 0.116. The molecule has 7 heavy (non-hydrogen) atoms. The quantitative estimate of drug-likeness (QED) is 0.465. The minimum Gasteiger partial charge on any atom is -0.367 e. The SMILES string of the molecule is C=C[C@H]([O])C(N)=O. The molecule has 0 aliphatic rings. The molecule has 0 aromatic rings. The van der Waals surface area contributed by atoms with Crippen molar-refractivity contribution < 1.29 is 9.90 Å². The van der Waals surface area contributed by atoms with Crippen LogP contribution in [0.2, 0.25) is 0 Å². The number of hydrogen-bond acceptors (Lipinski definition) is 1. The molecule has 2 N–H and O–H groups in total. The summed E-state index contributed by atoms with van der Waals surface area (Å²) in [6.45, 7) is 3.07. The molecule has 3 nitrogen and oxygen atoms in total. The third-order valence-electron chi connectivity index (χ3n) is 0.494. The zero-order valence-electron chi connectivity index (χ0n) is 3.76. The van der Waals surface area contributed by atoms with Gasteiger partial charge in [0.25, 0.3) is 5.91 Å². The number of primary amides is 1. The summed E-state index contributed by atoms with van der Waals surface area (Å²) in [4.78, 5) is 9.77. The van der Waals surface area contributed by atoms with Crippen LogP contribution in [0.25, 0.3) is 0 Å². The van der Waals surface area contributed by atoms with Crippen molar-refractivity contribution in [2.75, 3.05) is 0 Å². The fourth-order valence-electron chi connectivity index (χ4n) is 0.116. The molecule has 0 bridgehead atoms. The third kappa shape index (κ3) is 1.94. The first-order valence-corrected chi connectivity index (χ1v) is 1.76. The Bertz CT molecular complexity index is 89.7. The fraction of sp³-hybridized carbons (Fsp3) is 0.250. The summed E-state index contributed by atoms with van der Waals surface area (Å²) >= 11 is 0. The predicted molar refractivity (Wildman–Crippen MR) is 23.9 cm³/mol. The second-order valence-corrected chi connectivity index (χ2v) is 1.06. The van der Waals surface area contributed by atoms with E-state index < -0.39 is 12.0 Å². The highest BCUT2D eigenvalue weighted by atomic mass is 16.3. The Labute approximate surface area is 41.4 Å². The Hall–Kier alpha value is -0.830. The summed E-state index contributed by atoms with van der Waals surface area (Å²) in [6, 6.07) is 0. The van der Waals surface area contributed by atoms with E-state index in [0.29, 0.717) is 0 Å². The summed E-state index contributed by atoms with van der Waals surface area (Å²) in [7, 11) is 0. The van der Waals surface area contributed by atoms with Crippen LogP contribution in [-0.4, -0.2) is 12.0 Å². The van der Waals surface area contributed by atoms with Crippen LogP contribution in [0.4, 0.5) is 0 Å². The van der Waals surface area contributed by atoms with Crippen LogP contribution < -0.4 is 5.73 Å². The summed E-state index contributed by atoms with van der Waals surface area (Å²) in [5.41, 5.74) is 4.52. The molecule has 1 radical (unpaired) electrons. The molecule has 0 rings (SSSR count). The number of carbonyl (C=O) groups is 1. The predicted octanol–water partition coefficient (Wildman–Crippen LogP) is -0.543. The second-order valence-electron chi connectivity index (χ2n) is 1.06. The summed E-state index contributed by atoms with van der Waals surface area (Å²) < 4.78 is 0. The molecule has 0 spiro atoms. The van der Waals surface area contributed by atoms with E-state index in [-0.39, 0.29) is 0 Å². The summed E-state index contributed by atoms with van der Waals surface area (Å²) in [5, 5.41) is 10.0. The molecule has 0 aliphatic heterocycles. The van der Waals surface area contributed by atoms with Crippen LogP contribution in [0, 0.1) is 0 Å². The Kier molecular flexibility index (Phi) is 2.08. The largest absolute Gasteiger partial charge is 0.367 e. The highest BCUT2D eigenvalue weighted by molar-refractivity contribution is 5.80. The molecule has 0 aromatic heterocycles. The van der Waals surface area contributed by atoms with Crippen molar-refractivity contribution in [3.05, 3.63) is 12.7 Å². The van der Waals surface area contributed by atoms with Crippen molar-refractivity contribution in [2.24, 2.45) is 5.73 Å². The van der Waals surface area contributed by atoms with Gasteiger partial charge in [-0.05, 0) is 0 Å². The Morgan fingerprint density at radius 2 is 2.29 bits per heavy atom. The van der Waals surface area contributed by atoms with Gasteiger partial charge in [0.2, 0.25) is 0 Å². The molecular formula is C4H6NO2. The highest BCUT2D eigenvalue weighted by Crippen LogP contribution is 1.78. The molecule has 0 aromatic carbocycles. The summed E-state index contributed by atoms with van der Waals surface area (Å²) in [5.74, 6) is -0.880. The number of rotatable bonds is 2. The van der Waals surface area contributed by atoms with E-state index in [0.717, 1.165) is 6.08 Å². The lowest BCUT2D eigenvalue weighted by Crippen LogP contribution is -2.24. The van der Waals surface area contributed by atoms with E-state index in [1.807, 2.05) is 0 Å². The third-order valence-corrected chi connectivity index (χ3v) is 0.494. The number of amides is 1. The van der Waals surface area contributed by atoms with Crippen LogP contribution in [0.5, 0.6) is 0 Å². The normalized spacial score (nSPS) is 12.7. The van der Waals surface area contributed by atoms with Gasteiger partial charge in [-0.2, -0.15) is 0 Å². The van der Waals surface area contributed by atoms with Gasteiger partial charge in [-0.1, -0.05) is 12.7 Å². The molecular weight excluding hydrogens is 94.0 g/mol. The maximum Gasteiger partial charge on any atom is 0.253 e. The topological polar surface area (TPSA) is 63.0 Å². The number of hydrogen-bond donors (Lipinski definition) is 1. The standard InChI is InChI=1S/C4H6NO2/c1-2-3(6)4(5)7/h2-3H,1H2,(H2,5,7)/t3-/m0/s1. The minimum atomic E-state index is -1.44. The average molecular weight is 100 g/mol. The first kappa shape index (κ1) is 6.17. The van der Waals surface area contributed by atoms with Gasteiger partial charge in [0, 0.05) is 0 Å². The van der Waals surface area contributed by atoms with Gasteiger partial charge in [-0.15, -0.1) is 0 Å². The lowest BCUT2D eigenvalue weighted by Gasteiger charge is -1.89. The molecule has 3 heteroatoms. The maximum atomic E-state index is 10.0. The molecule has 0 aliphatic carbocycles. The van der Waals surface area contributed by atoms with E-state index in [1.165, 1.54) is 0 Å². The first-order valence-electron chi connectivity index (χ1n) is 1.76. The number of nitrogens with two attached hydrogens (primary N) is 1. The van der Waals surface area contributed by atoms with E-state index in [9.17, 15) is 9.90 Å². The molecule has 0 unspecified atom stereocenters.